The number of rotatable bonds is 6. The normalized spacial score (nSPS) is 12.1. The molecule has 0 bridgehead atoms. The molecule has 2 aromatic heterocycles. The van der Waals surface area contributed by atoms with E-state index in [4.69, 9.17) is 0 Å². The van der Waals surface area contributed by atoms with E-state index >= 15 is 0 Å². The van der Waals surface area contributed by atoms with Crippen molar-refractivity contribution in [3.63, 3.8) is 0 Å². The number of nitrogens with zero attached hydrogens (tertiary/aromatic N) is 2. The smallest absolute Gasteiger partial charge is 0.0542 e. The van der Waals surface area contributed by atoms with Crippen LogP contribution in [-0.2, 0) is 10.8 Å². The second kappa shape index (κ2) is 13.7. The van der Waals surface area contributed by atoms with Gasteiger partial charge in [-0.25, -0.2) is 0 Å². The van der Waals surface area contributed by atoms with Crippen LogP contribution < -0.4 is 0 Å². The second-order valence-corrected chi connectivity index (χ2v) is 17.2. The van der Waals surface area contributed by atoms with Crippen molar-refractivity contribution in [3.8, 4) is 56.1 Å². The molecule has 2 heteroatoms. The zero-order valence-corrected chi connectivity index (χ0v) is 33.2. The monoisotopic (exact) mass is 724 g/mol. The maximum absolute atomic E-state index is 2.45. The maximum Gasteiger partial charge on any atom is 0.0542 e. The first-order chi connectivity index (χ1) is 27.0. The molecule has 7 aromatic carbocycles. The Balaban J connectivity index is 1.25. The van der Waals surface area contributed by atoms with Gasteiger partial charge in [-0.3, -0.25) is 0 Å². The van der Waals surface area contributed by atoms with Crippen LogP contribution in [0.2, 0.25) is 0 Å². The van der Waals surface area contributed by atoms with Gasteiger partial charge < -0.3 is 9.13 Å². The van der Waals surface area contributed by atoms with Crippen molar-refractivity contribution in [2.75, 3.05) is 0 Å². The molecule has 2 heterocycles. The number of aromatic nitrogens is 2. The minimum Gasteiger partial charge on any atom is -0.309 e. The van der Waals surface area contributed by atoms with Gasteiger partial charge in [-0.2, -0.15) is 0 Å². The summed E-state index contributed by atoms with van der Waals surface area (Å²) in [5, 5.41) is 2.41. The van der Waals surface area contributed by atoms with Gasteiger partial charge in [-0.05, 0) is 104 Å². The fourth-order valence-corrected chi connectivity index (χ4v) is 8.04. The molecule has 0 spiro atoms. The Morgan fingerprint density at radius 1 is 0.304 bits per heavy atom. The van der Waals surface area contributed by atoms with Crippen LogP contribution in [0, 0.1) is 0 Å². The summed E-state index contributed by atoms with van der Waals surface area (Å²) >= 11 is 0. The summed E-state index contributed by atoms with van der Waals surface area (Å²) in [6.07, 6.45) is 0. The third kappa shape index (κ3) is 6.56. The summed E-state index contributed by atoms with van der Waals surface area (Å²) < 4.78 is 4.89. The van der Waals surface area contributed by atoms with Gasteiger partial charge in [-0.1, -0.05) is 175 Å². The predicted octanol–water partition coefficient (Wildman–Crippen LogP) is 14.8. The molecule has 0 saturated carbocycles. The summed E-state index contributed by atoms with van der Waals surface area (Å²) in [7, 11) is 0. The Labute approximate surface area is 331 Å². The Morgan fingerprint density at radius 3 is 0.929 bits per heavy atom. The molecule has 9 aromatic rings. The third-order valence-corrected chi connectivity index (χ3v) is 11.3. The van der Waals surface area contributed by atoms with Gasteiger partial charge in [0.15, 0.2) is 0 Å². The van der Waals surface area contributed by atoms with Crippen LogP contribution in [0.15, 0.2) is 182 Å². The van der Waals surface area contributed by atoms with Gasteiger partial charge in [0.05, 0.1) is 22.4 Å². The lowest BCUT2D eigenvalue weighted by Gasteiger charge is -2.20. The van der Waals surface area contributed by atoms with Crippen molar-refractivity contribution in [3.05, 3.63) is 193 Å². The molecule has 0 unspecified atom stereocenters. The van der Waals surface area contributed by atoms with Crippen LogP contribution >= 0.6 is 0 Å². The van der Waals surface area contributed by atoms with Crippen LogP contribution in [0.3, 0.4) is 0 Å². The highest BCUT2D eigenvalue weighted by Crippen LogP contribution is 2.40. The largest absolute Gasteiger partial charge is 0.309 e. The zero-order chi connectivity index (χ0) is 38.6. The molecule has 0 N–H and O–H groups in total. The SMILES string of the molecule is CC(C)(C)c1ccc(-n2c(-c3ccc(-c4ccccc4)cc3)cc3cc4c(cc(-c5ccc(-c6ccccc6)cc5)n4-c4ccc(C(C)(C)C)cc4)cc32)cc1. The van der Waals surface area contributed by atoms with Crippen molar-refractivity contribution < 1.29 is 0 Å². The van der Waals surface area contributed by atoms with Gasteiger partial charge >= 0.3 is 0 Å². The number of hydrogen-bond donors (Lipinski definition) is 0. The average molecular weight is 725 g/mol. The van der Waals surface area contributed by atoms with Gasteiger partial charge in [-0.15, -0.1) is 0 Å². The summed E-state index contributed by atoms with van der Waals surface area (Å²) in [6, 6.07) is 67.1. The molecule has 0 aliphatic carbocycles. The van der Waals surface area contributed by atoms with Crippen molar-refractivity contribution in [1.82, 2.24) is 9.13 Å². The fraction of sp³-hybridized carbons (Fsp3) is 0.148. The van der Waals surface area contributed by atoms with E-state index in [0.29, 0.717) is 0 Å². The van der Waals surface area contributed by atoms with E-state index in [1.54, 1.807) is 0 Å². The highest BCUT2D eigenvalue weighted by atomic mass is 15.0. The lowest BCUT2D eigenvalue weighted by atomic mass is 9.87. The lowest BCUT2D eigenvalue weighted by molar-refractivity contribution is 0.590. The Morgan fingerprint density at radius 2 is 0.607 bits per heavy atom. The van der Waals surface area contributed by atoms with Crippen molar-refractivity contribution in [2.24, 2.45) is 0 Å². The van der Waals surface area contributed by atoms with E-state index in [-0.39, 0.29) is 10.8 Å². The van der Waals surface area contributed by atoms with Crippen molar-refractivity contribution >= 4 is 21.8 Å². The zero-order valence-electron chi connectivity index (χ0n) is 33.2. The van der Waals surface area contributed by atoms with Crippen LogP contribution in [0.25, 0.3) is 77.9 Å². The molecule has 56 heavy (non-hydrogen) atoms. The second-order valence-electron chi connectivity index (χ2n) is 17.2. The molecule has 0 radical (unpaired) electrons. The van der Waals surface area contributed by atoms with Gasteiger partial charge in [0, 0.05) is 22.1 Å². The Kier molecular flexibility index (Phi) is 8.66. The standard InChI is InChI=1S/C54H48N2/c1-53(2,3)45-25-29-47(30-26-45)55-49(41-21-17-39(18-22-41)37-13-9-7-10-14-37)33-43-36-52-44(35-51(43)55)34-50(56(52)48-31-27-46(28-32-48)54(4,5)6)42-23-19-40(20-24-42)38-15-11-8-12-16-38/h7-36H,1-6H3. The summed E-state index contributed by atoms with van der Waals surface area (Å²) in [6.45, 7) is 13.7. The van der Waals surface area contributed by atoms with E-state index < -0.39 is 0 Å². The van der Waals surface area contributed by atoms with E-state index in [1.165, 1.54) is 77.7 Å². The third-order valence-electron chi connectivity index (χ3n) is 11.3. The molecule has 274 valence electrons. The Bertz CT molecular complexity index is 2590. The first kappa shape index (κ1) is 35.3. The number of hydrogen-bond acceptors (Lipinski definition) is 0. The first-order valence-electron chi connectivity index (χ1n) is 19.8. The fourth-order valence-electron chi connectivity index (χ4n) is 8.04. The average Bonchev–Trinajstić information content (AvgIpc) is 3.78. The van der Waals surface area contributed by atoms with E-state index in [9.17, 15) is 0 Å². The molecule has 0 atom stereocenters. The first-order valence-corrected chi connectivity index (χ1v) is 19.8. The van der Waals surface area contributed by atoms with E-state index in [0.717, 1.165) is 11.4 Å². The number of benzene rings is 7. The summed E-state index contributed by atoms with van der Waals surface area (Å²) in [5.41, 5.74) is 17.1. The van der Waals surface area contributed by atoms with E-state index in [2.05, 4.69) is 233 Å². The topological polar surface area (TPSA) is 9.86 Å². The molecule has 0 fully saturated rings. The number of fused-ring (bicyclic) bond motifs is 2. The van der Waals surface area contributed by atoms with Crippen molar-refractivity contribution in [1.29, 1.82) is 0 Å². The molecular formula is C54H48N2. The lowest BCUT2D eigenvalue weighted by Crippen LogP contribution is -2.11. The summed E-state index contributed by atoms with van der Waals surface area (Å²) in [5.74, 6) is 0. The quantitative estimate of drug-likeness (QED) is 0.162. The van der Waals surface area contributed by atoms with Crippen molar-refractivity contribution in [2.45, 2.75) is 52.4 Å². The molecule has 9 rings (SSSR count). The maximum atomic E-state index is 2.45. The molecule has 0 amide bonds. The molecular weight excluding hydrogens is 677 g/mol. The minimum absolute atomic E-state index is 0.0727. The summed E-state index contributed by atoms with van der Waals surface area (Å²) in [4.78, 5) is 0. The molecule has 0 aliphatic rings. The molecule has 2 nitrogen and oxygen atoms in total. The highest BCUT2D eigenvalue weighted by molar-refractivity contribution is 6.02. The highest BCUT2D eigenvalue weighted by Gasteiger charge is 2.21. The van der Waals surface area contributed by atoms with E-state index in [1.807, 2.05) is 0 Å². The molecule has 0 aliphatic heterocycles. The predicted molar refractivity (Wildman–Crippen MR) is 239 cm³/mol. The van der Waals surface area contributed by atoms with Crippen LogP contribution in [0.1, 0.15) is 52.7 Å². The Hall–Kier alpha value is -6.38. The van der Waals surface area contributed by atoms with Crippen LogP contribution in [0.4, 0.5) is 0 Å². The molecule has 0 saturated heterocycles. The minimum atomic E-state index is 0.0727. The van der Waals surface area contributed by atoms with Gasteiger partial charge in [0.1, 0.15) is 0 Å². The van der Waals surface area contributed by atoms with Gasteiger partial charge in [0.2, 0.25) is 0 Å². The van der Waals surface area contributed by atoms with Crippen LogP contribution in [0.5, 0.6) is 0 Å². The van der Waals surface area contributed by atoms with Crippen LogP contribution in [-0.4, -0.2) is 9.13 Å². The van der Waals surface area contributed by atoms with Gasteiger partial charge in [0.25, 0.3) is 0 Å².